The van der Waals surface area contributed by atoms with Gasteiger partial charge in [0.25, 0.3) is 0 Å². The van der Waals surface area contributed by atoms with E-state index in [2.05, 4.69) is 181 Å². The Hall–Kier alpha value is -6.38. The van der Waals surface area contributed by atoms with E-state index in [0.717, 1.165) is 50.1 Å². The van der Waals surface area contributed by atoms with Gasteiger partial charge in [0.1, 0.15) is 11.2 Å². The molecule has 0 saturated heterocycles. The minimum absolute atomic E-state index is 0.890. The highest BCUT2D eigenvalue weighted by Gasteiger charge is 2.20. The molecule has 0 saturated carbocycles. The smallest absolute Gasteiger partial charge is 0.136 e. The molecule has 1 aromatic heterocycles. The number of fused-ring (bicyclic) bond motifs is 4. The maximum Gasteiger partial charge on any atom is 0.136 e. The van der Waals surface area contributed by atoms with Crippen molar-refractivity contribution in [1.29, 1.82) is 0 Å². The molecule has 0 unspecified atom stereocenters. The molecule has 0 radical (unpaired) electrons. The minimum Gasteiger partial charge on any atom is -0.456 e. The molecule has 9 rings (SSSR count). The van der Waals surface area contributed by atoms with Crippen molar-refractivity contribution in [2.24, 2.45) is 0 Å². The van der Waals surface area contributed by atoms with Gasteiger partial charge in [-0.05, 0) is 81.1 Å². The summed E-state index contributed by atoms with van der Waals surface area (Å²) in [5.41, 5.74) is 12.2. The molecule has 2 heteroatoms. The summed E-state index contributed by atoms with van der Waals surface area (Å²) < 4.78 is 6.31. The topological polar surface area (TPSA) is 16.4 Å². The van der Waals surface area contributed by atoms with E-state index in [1.807, 2.05) is 12.1 Å². The van der Waals surface area contributed by atoms with Crippen molar-refractivity contribution in [2.45, 2.75) is 0 Å². The Morgan fingerprint density at radius 3 is 1.69 bits per heavy atom. The second kappa shape index (κ2) is 11.8. The lowest BCUT2D eigenvalue weighted by Crippen LogP contribution is -2.11. The second-order valence-corrected chi connectivity index (χ2v) is 12.1. The molecule has 9 aromatic rings. The van der Waals surface area contributed by atoms with Crippen LogP contribution >= 0.6 is 0 Å². The van der Waals surface area contributed by atoms with Gasteiger partial charge in [0.2, 0.25) is 0 Å². The van der Waals surface area contributed by atoms with Crippen LogP contribution < -0.4 is 4.90 Å². The first-order valence-electron chi connectivity index (χ1n) is 16.4. The molecule has 226 valence electrons. The maximum absolute atomic E-state index is 6.31. The van der Waals surface area contributed by atoms with E-state index in [4.69, 9.17) is 4.42 Å². The minimum atomic E-state index is 0.890. The fraction of sp³-hybridized carbons (Fsp3) is 0. The van der Waals surface area contributed by atoms with Crippen molar-refractivity contribution in [3.8, 4) is 33.4 Å². The lowest BCUT2D eigenvalue weighted by Gasteiger charge is -2.28. The molecule has 0 aliphatic rings. The Morgan fingerprint density at radius 1 is 0.333 bits per heavy atom. The van der Waals surface area contributed by atoms with Gasteiger partial charge in [-0.25, -0.2) is 0 Å². The van der Waals surface area contributed by atoms with Gasteiger partial charge < -0.3 is 9.32 Å². The zero-order valence-electron chi connectivity index (χ0n) is 26.3. The molecule has 2 nitrogen and oxygen atoms in total. The van der Waals surface area contributed by atoms with E-state index in [1.54, 1.807) is 0 Å². The zero-order chi connectivity index (χ0) is 31.9. The molecular formula is C46H31NO. The lowest BCUT2D eigenvalue weighted by atomic mass is 9.96. The first-order valence-corrected chi connectivity index (χ1v) is 16.4. The second-order valence-electron chi connectivity index (χ2n) is 12.1. The van der Waals surface area contributed by atoms with Crippen molar-refractivity contribution < 1.29 is 4.42 Å². The van der Waals surface area contributed by atoms with E-state index in [1.165, 1.54) is 33.0 Å². The molecule has 8 aromatic carbocycles. The van der Waals surface area contributed by atoms with Crippen LogP contribution in [-0.4, -0.2) is 0 Å². The average molecular weight is 614 g/mol. The van der Waals surface area contributed by atoms with Crippen LogP contribution in [0, 0.1) is 0 Å². The summed E-state index contributed by atoms with van der Waals surface area (Å²) in [4.78, 5) is 2.37. The van der Waals surface area contributed by atoms with Gasteiger partial charge in [0.05, 0.1) is 5.69 Å². The fourth-order valence-corrected chi connectivity index (χ4v) is 7.02. The highest BCUT2D eigenvalue weighted by Crippen LogP contribution is 2.45. The van der Waals surface area contributed by atoms with E-state index < -0.39 is 0 Å². The van der Waals surface area contributed by atoms with Crippen LogP contribution in [0.1, 0.15) is 0 Å². The number of hydrogen-bond acceptors (Lipinski definition) is 2. The van der Waals surface area contributed by atoms with Gasteiger partial charge in [-0.2, -0.15) is 0 Å². The van der Waals surface area contributed by atoms with Crippen LogP contribution in [0.5, 0.6) is 0 Å². The molecule has 0 atom stereocenters. The molecule has 48 heavy (non-hydrogen) atoms. The summed E-state index contributed by atoms with van der Waals surface area (Å²) in [7, 11) is 0. The average Bonchev–Trinajstić information content (AvgIpc) is 3.55. The Labute approximate surface area is 279 Å². The predicted octanol–water partition coefficient (Wildman–Crippen LogP) is 13.2. The van der Waals surface area contributed by atoms with Crippen molar-refractivity contribution in [1.82, 2.24) is 0 Å². The summed E-state index contributed by atoms with van der Waals surface area (Å²) in [5.74, 6) is 0. The van der Waals surface area contributed by atoms with Crippen LogP contribution in [0.15, 0.2) is 192 Å². The molecule has 0 bridgehead atoms. The molecule has 0 aliphatic carbocycles. The summed E-state index contributed by atoms with van der Waals surface area (Å²) >= 11 is 0. The van der Waals surface area contributed by atoms with Gasteiger partial charge in [0, 0.05) is 27.7 Å². The van der Waals surface area contributed by atoms with Crippen LogP contribution in [0.4, 0.5) is 17.1 Å². The molecule has 0 amide bonds. The van der Waals surface area contributed by atoms with Crippen molar-refractivity contribution >= 4 is 49.8 Å². The van der Waals surface area contributed by atoms with Crippen LogP contribution in [0.3, 0.4) is 0 Å². The first-order chi connectivity index (χ1) is 23.8. The van der Waals surface area contributed by atoms with Crippen molar-refractivity contribution in [3.05, 3.63) is 188 Å². The third kappa shape index (κ3) is 4.83. The number of benzene rings is 8. The summed E-state index contributed by atoms with van der Waals surface area (Å²) in [5, 5.41) is 4.75. The van der Waals surface area contributed by atoms with Crippen LogP contribution in [-0.2, 0) is 0 Å². The summed E-state index contributed by atoms with van der Waals surface area (Å²) in [6, 6.07) is 66.9. The number of rotatable bonds is 6. The monoisotopic (exact) mass is 613 g/mol. The van der Waals surface area contributed by atoms with Crippen molar-refractivity contribution in [3.63, 3.8) is 0 Å². The third-order valence-electron chi connectivity index (χ3n) is 9.30. The first kappa shape index (κ1) is 27.9. The molecular weight excluding hydrogens is 583 g/mol. The standard InChI is InChI=1S/C46H31NO/c1-2-12-32(13-3-1)33-24-28-36(29-25-33)47(37-30-26-35(27-31-37)39-19-10-15-34-14-4-5-16-38(34)39)43-21-8-6-17-40(43)41-20-11-23-45-46(41)42-18-7-9-22-44(42)48-45/h1-31H. The highest BCUT2D eigenvalue weighted by atomic mass is 16.3. The Balaban J connectivity index is 1.22. The third-order valence-corrected chi connectivity index (χ3v) is 9.30. The van der Waals surface area contributed by atoms with Gasteiger partial charge in [-0.15, -0.1) is 0 Å². The number of furan rings is 1. The van der Waals surface area contributed by atoms with E-state index >= 15 is 0 Å². The van der Waals surface area contributed by atoms with E-state index in [0.29, 0.717) is 0 Å². The molecule has 1 heterocycles. The number of hydrogen-bond donors (Lipinski definition) is 0. The van der Waals surface area contributed by atoms with Crippen molar-refractivity contribution in [2.75, 3.05) is 4.90 Å². The molecule has 0 aliphatic heterocycles. The molecule has 0 fully saturated rings. The lowest BCUT2D eigenvalue weighted by molar-refractivity contribution is 0.669. The maximum atomic E-state index is 6.31. The Kier molecular flexibility index (Phi) is 6.84. The van der Waals surface area contributed by atoms with Gasteiger partial charge >= 0.3 is 0 Å². The highest BCUT2D eigenvalue weighted by molar-refractivity contribution is 6.14. The van der Waals surface area contributed by atoms with Gasteiger partial charge in [-0.3, -0.25) is 0 Å². The quantitative estimate of drug-likeness (QED) is 0.185. The molecule has 0 spiro atoms. The number of nitrogens with zero attached hydrogens (tertiary/aromatic N) is 1. The Morgan fingerprint density at radius 2 is 0.875 bits per heavy atom. The number of para-hydroxylation sites is 2. The van der Waals surface area contributed by atoms with Crippen LogP contribution in [0.25, 0.3) is 66.1 Å². The number of anilines is 3. The van der Waals surface area contributed by atoms with E-state index in [9.17, 15) is 0 Å². The normalized spacial score (nSPS) is 11.3. The Bertz CT molecular complexity index is 2540. The van der Waals surface area contributed by atoms with Crippen LogP contribution in [0.2, 0.25) is 0 Å². The predicted molar refractivity (Wildman–Crippen MR) is 202 cm³/mol. The van der Waals surface area contributed by atoms with Gasteiger partial charge in [0.15, 0.2) is 0 Å². The molecule has 0 N–H and O–H groups in total. The zero-order valence-corrected chi connectivity index (χ0v) is 26.3. The largest absolute Gasteiger partial charge is 0.456 e. The van der Waals surface area contributed by atoms with E-state index in [-0.39, 0.29) is 0 Å². The van der Waals surface area contributed by atoms with Gasteiger partial charge in [-0.1, -0.05) is 146 Å². The SMILES string of the molecule is c1ccc(-c2ccc(N(c3ccc(-c4cccc5ccccc45)cc3)c3ccccc3-c3cccc4oc5ccccc5c34)cc2)cc1. The fourth-order valence-electron chi connectivity index (χ4n) is 7.02. The summed E-state index contributed by atoms with van der Waals surface area (Å²) in [6.45, 7) is 0. The summed E-state index contributed by atoms with van der Waals surface area (Å²) in [6.07, 6.45) is 0.